The molecular formula is C8H17IO. The highest BCUT2D eigenvalue weighted by Gasteiger charge is 1.94. The van der Waals surface area contributed by atoms with Crippen molar-refractivity contribution in [2.24, 2.45) is 0 Å². The molecule has 0 aliphatic carbocycles. The Balaban J connectivity index is 2.77. The largest absolute Gasteiger partial charge is 0.396 e. The molecule has 0 aromatic rings. The Labute approximate surface area is 77.3 Å². The van der Waals surface area contributed by atoms with Crippen LogP contribution in [0.5, 0.6) is 0 Å². The van der Waals surface area contributed by atoms with Crippen LogP contribution in [0.15, 0.2) is 0 Å². The highest BCUT2D eigenvalue weighted by molar-refractivity contribution is 14.1. The highest BCUT2D eigenvalue weighted by atomic mass is 127. The number of hydrogen-bond donors (Lipinski definition) is 1. The van der Waals surface area contributed by atoms with Gasteiger partial charge in [-0.15, -0.1) is 0 Å². The van der Waals surface area contributed by atoms with E-state index in [9.17, 15) is 0 Å². The Hall–Kier alpha value is 0.690. The van der Waals surface area contributed by atoms with Gasteiger partial charge in [-0.05, 0) is 12.8 Å². The van der Waals surface area contributed by atoms with Crippen LogP contribution in [0.2, 0.25) is 0 Å². The molecule has 0 aliphatic heterocycles. The summed E-state index contributed by atoms with van der Waals surface area (Å²) in [4.78, 5) is 0. The summed E-state index contributed by atoms with van der Waals surface area (Å²) in [5.74, 6) is 0. The standard InChI is InChI=1S/C8H17IO/c1-8(9)6-4-2-3-5-7-10/h8,10H,2-7H2,1H3/t8-/m0/s1. The Morgan fingerprint density at radius 2 is 1.80 bits per heavy atom. The van der Waals surface area contributed by atoms with Gasteiger partial charge in [0.2, 0.25) is 0 Å². The second kappa shape index (κ2) is 7.79. The summed E-state index contributed by atoms with van der Waals surface area (Å²) in [6.07, 6.45) is 6.11. The molecular weight excluding hydrogens is 239 g/mol. The molecule has 0 heterocycles. The van der Waals surface area contributed by atoms with Gasteiger partial charge in [0.15, 0.2) is 0 Å². The minimum atomic E-state index is 0.361. The first kappa shape index (κ1) is 10.7. The van der Waals surface area contributed by atoms with Gasteiger partial charge in [-0.2, -0.15) is 0 Å². The van der Waals surface area contributed by atoms with E-state index in [1.54, 1.807) is 0 Å². The zero-order valence-corrected chi connectivity index (χ0v) is 8.80. The lowest BCUT2D eigenvalue weighted by atomic mass is 10.1. The summed E-state index contributed by atoms with van der Waals surface area (Å²) in [6, 6.07) is 0. The summed E-state index contributed by atoms with van der Waals surface area (Å²) >= 11 is 2.45. The first-order chi connectivity index (χ1) is 4.77. The Kier molecular flexibility index (Phi) is 8.33. The number of unbranched alkanes of at least 4 members (excludes halogenated alkanes) is 3. The molecule has 1 nitrogen and oxygen atoms in total. The van der Waals surface area contributed by atoms with E-state index < -0.39 is 0 Å². The molecule has 0 rings (SSSR count). The van der Waals surface area contributed by atoms with Gasteiger partial charge in [0.1, 0.15) is 0 Å². The molecule has 1 atom stereocenters. The van der Waals surface area contributed by atoms with Gasteiger partial charge in [0, 0.05) is 10.5 Å². The molecule has 62 valence electrons. The maximum atomic E-state index is 8.47. The van der Waals surface area contributed by atoms with E-state index in [2.05, 4.69) is 29.5 Å². The molecule has 0 amide bonds. The fourth-order valence-electron chi connectivity index (χ4n) is 0.891. The first-order valence-electron chi connectivity index (χ1n) is 4.02. The molecule has 0 radical (unpaired) electrons. The predicted molar refractivity (Wildman–Crippen MR) is 53.7 cm³/mol. The Bertz CT molecular complexity index is 64.3. The van der Waals surface area contributed by atoms with Crippen molar-refractivity contribution in [2.75, 3.05) is 6.61 Å². The third-order valence-electron chi connectivity index (χ3n) is 1.51. The quantitative estimate of drug-likeness (QED) is 0.440. The molecule has 0 saturated heterocycles. The lowest BCUT2D eigenvalue weighted by molar-refractivity contribution is 0.282. The lowest BCUT2D eigenvalue weighted by Crippen LogP contribution is -1.89. The molecule has 10 heavy (non-hydrogen) atoms. The van der Waals surface area contributed by atoms with Crippen molar-refractivity contribution in [3.8, 4) is 0 Å². The number of alkyl halides is 1. The molecule has 0 aliphatic rings. The summed E-state index contributed by atoms with van der Waals surface area (Å²) in [5, 5.41) is 8.47. The van der Waals surface area contributed by atoms with Crippen LogP contribution < -0.4 is 0 Å². The molecule has 0 saturated carbocycles. The van der Waals surface area contributed by atoms with Gasteiger partial charge >= 0.3 is 0 Å². The molecule has 0 aromatic carbocycles. The average Bonchev–Trinajstić information content (AvgIpc) is 1.87. The number of aliphatic hydroxyl groups excluding tert-OH is 1. The van der Waals surface area contributed by atoms with E-state index in [0.29, 0.717) is 6.61 Å². The SMILES string of the molecule is C[C@H](I)CCCCCCO. The molecule has 0 spiro atoms. The molecule has 0 bridgehead atoms. The van der Waals surface area contributed by atoms with Crippen molar-refractivity contribution in [2.45, 2.75) is 43.0 Å². The van der Waals surface area contributed by atoms with E-state index in [1.165, 1.54) is 25.7 Å². The zero-order valence-electron chi connectivity index (χ0n) is 6.65. The Morgan fingerprint density at radius 1 is 1.20 bits per heavy atom. The summed E-state index contributed by atoms with van der Waals surface area (Å²) in [5.41, 5.74) is 0. The van der Waals surface area contributed by atoms with Gasteiger partial charge in [-0.3, -0.25) is 0 Å². The number of aliphatic hydroxyl groups is 1. The van der Waals surface area contributed by atoms with Gasteiger partial charge < -0.3 is 5.11 Å². The fourth-order valence-corrected chi connectivity index (χ4v) is 1.33. The van der Waals surface area contributed by atoms with Gasteiger partial charge in [0.25, 0.3) is 0 Å². The third-order valence-corrected chi connectivity index (χ3v) is 2.13. The van der Waals surface area contributed by atoms with Crippen molar-refractivity contribution in [1.82, 2.24) is 0 Å². The third kappa shape index (κ3) is 8.69. The van der Waals surface area contributed by atoms with Crippen LogP contribution in [0.25, 0.3) is 0 Å². The molecule has 2 heteroatoms. The molecule has 0 unspecified atom stereocenters. The summed E-state index contributed by atoms with van der Waals surface area (Å²) in [6.45, 7) is 2.60. The topological polar surface area (TPSA) is 20.2 Å². The summed E-state index contributed by atoms with van der Waals surface area (Å²) in [7, 11) is 0. The highest BCUT2D eigenvalue weighted by Crippen LogP contribution is 2.10. The monoisotopic (exact) mass is 256 g/mol. The number of halogens is 1. The average molecular weight is 256 g/mol. The van der Waals surface area contributed by atoms with Crippen LogP contribution in [-0.2, 0) is 0 Å². The minimum absolute atomic E-state index is 0.361. The first-order valence-corrected chi connectivity index (χ1v) is 5.27. The lowest BCUT2D eigenvalue weighted by Gasteiger charge is -2.01. The number of hydrogen-bond acceptors (Lipinski definition) is 1. The summed E-state index contributed by atoms with van der Waals surface area (Å²) < 4.78 is 0.812. The second-order valence-corrected chi connectivity index (χ2v) is 4.83. The maximum absolute atomic E-state index is 8.47. The maximum Gasteiger partial charge on any atom is 0.0431 e. The van der Waals surface area contributed by atoms with Crippen LogP contribution >= 0.6 is 22.6 Å². The van der Waals surface area contributed by atoms with Crippen LogP contribution in [0.4, 0.5) is 0 Å². The normalized spacial score (nSPS) is 13.5. The van der Waals surface area contributed by atoms with E-state index in [1.807, 2.05) is 0 Å². The van der Waals surface area contributed by atoms with Crippen molar-refractivity contribution in [3.63, 3.8) is 0 Å². The Morgan fingerprint density at radius 3 is 2.30 bits per heavy atom. The van der Waals surface area contributed by atoms with Crippen LogP contribution in [0, 0.1) is 0 Å². The predicted octanol–water partition coefficient (Wildman–Crippen LogP) is 2.75. The molecule has 1 N–H and O–H groups in total. The van der Waals surface area contributed by atoms with Gasteiger partial charge in [0.05, 0.1) is 0 Å². The van der Waals surface area contributed by atoms with Gasteiger partial charge in [-0.1, -0.05) is 48.8 Å². The van der Waals surface area contributed by atoms with E-state index >= 15 is 0 Å². The number of rotatable bonds is 6. The molecule has 0 aromatic heterocycles. The van der Waals surface area contributed by atoms with E-state index in [-0.39, 0.29) is 0 Å². The smallest absolute Gasteiger partial charge is 0.0431 e. The van der Waals surface area contributed by atoms with Crippen molar-refractivity contribution >= 4 is 22.6 Å². The van der Waals surface area contributed by atoms with Crippen LogP contribution in [0.3, 0.4) is 0 Å². The van der Waals surface area contributed by atoms with Crippen molar-refractivity contribution in [3.05, 3.63) is 0 Å². The van der Waals surface area contributed by atoms with Crippen LogP contribution in [-0.4, -0.2) is 15.6 Å². The van der Waals surface area contributed by atoms with E-state index in [0.717, 1.165) is 10.3 Å². The van der Waals surface area contributed by atoms with Gasteiger partial charge in [-0.25, -0.2) is 0 Å². The fraction of sp³-hybridized carbons (Fsp3) is 1.00. The van der Waals surface area contributed by atoms with E-state index in [4.69, 9.17) is 5.11 Å². The zero-order chi connectivity index (χ0) is 7.82. The minimum Gasteiger partial charge on any atom is -0.396 e. The van der Waals surface area contributed by atoms with Crippen molar-refractivity contribution in [1.29, 1.82) is 0 Å². The van der Waals surface area contributed by atoms with Crippen LogP contribution in [0.1, 0.15) is 39.0 Å². The van der Waals surface area contributed by atoms with Crippen molar-refractivity contribution < 1.29 is 5.11 Å². The molecule has 0 fully saturated rings. The second-order valence-electron chi connectivity index (χ2n) is 2.71.